The zero-order valence-corrected chi connectivity index (χ0v) is 11.0. The van der Waals surface area contributed by atoms with Crippen molar-refractivity contribution in [3.63, 3.8) is 0 Å². The van der Waals surface area contributed by atoms with Crippen LogP contribution in [0.15, 0.2) is 24.5 Å². The normalized spacial score (nSPS) is 11.5. The number of carboxylic acid groups (broad SMARTS) is 1. The summed E-state index contributed by atoms with van der Waals surface area (Å²) >= 11 is 0. The molecule has 0 aliphatic heterocycles. The van der Waals surface area contributed by atoms with Crippen molar-refractivity contribution in [1.29, 1.82) is 0 Å². The summed E-state index contributed by atoms with van der Waals surface area (Å²) in [6.45, 7) is -0.0763. The Balaban J connectivity index is 2.83. The smallest absolute Gasteiger partial charge is 0.304 e. The fourth-order valence-electron chi connectivity index (χ4n) is 1.26. The van der Waals surface area contributed by atoms with E-state index in [1.54, 1.807) is 12.1 Å². The van der Waals surface area contributed by atoms with Crippen LogP contribution in [0, 0.1) is 0 Å². The highest BCUT2D eigenvalue weighted by Gasteiger charge is 2.24. The predicted molar refractivity (Wildman–Crippen MR) is 66.4 cm³/mol. The third kappa shape index (κ3) is 3.41. The van der Waals surface area contributed by atoms with Gasteiger partial charge in [0.1, 0.15) is 0 Å². The Morgan fingerprint density at radius 2 is 1.89 bits per heavy atom. The van der Waals surface area contributed by atoms with Crippen LogP contribution in [0.25, 0.3) is 0 Å². The lowest BCUT2D eigenvalue weighted by molar-refractivity contribution is -0.137. The van der Waals surface area contributed by atoms with Gasteiger partial charge in [0.15, 0.2) is 0 Å². The molecule has 1 heterocycles. The molecule has 0 fully saturated rings. The van der Waals surface area contributed by atoms with E-state index in [0.29, 0.717) is 5.69 Å². The number of aromatic nitrogens is 1. The zero-order valence-electron chi connectivity index (χ0n) is 10.1. The Bertz CT molecular complexity index is 503. The van der Waals surface area contributed by atoms with Crippen molar-refractivity contribution in [3.05, 3.63) is 24.5 Å². The first-order valence-electron chi connectivity index (χ1n) is 5.17. The van der Waals surface area contributed by atoms with E-state index in [9.17, 15) is 13.2 Å². The minimum absolute atomic E-state index is 0.0763. The van der Waals surface area contributed by atoms with Crippen LogP contribution in [-0.4, -0.2) is 49.4 Å². The summed E-state index contributed by atoms with van der Waals surface area (Å²) in [5, 5.41) is 8.54. The van der Waals surface area contributed by atoms with Crippen molar-refractivity contribution < 1.29 is 18.3 Å². The molecule has 0 aromatic carbocycles. The van der Waals surface area contributed by atoms with E-state index in [1.165, 1.54) is 26.5 Å². The Kier molecular flexibility index (Phi) is 4.62. The molecule has 0 saturated heterocycles. The second kappa shape index (κ2) is 5.78. The highest BCUT2D eigenvalue weighted by Crippen LogP contribution is 2.16. The van der Waals surface area contributed by atoms with Gasteiger partial charge in [0.05, 0.1) is 12.1 Å². The van der Waals surface area contributed by atoms with Gasteiger partial charge in [0, 0.05) is 33.0 Å². The number of carboxylic acids is 1. The number of hydrogen-bond acceptors (Lipinski definition) is 4. The van der Waals surface area contributed by atoms with Crippen LogP contribution >= 0.6 is 0 Å². The monoisotopic (exact) mass is 273 g/mol. The molecule has 0 atom stereocenters. The van der Waals surface area contributed by atoms with E-state index in [-0.39, 0.29) is 13.0 Å². The molecule has 100 valence electrons. The van der Waals surface area contributed by atoms with E-state index in [4.69, 9.17) is 5.11 Å². The summed E-state index contributed by atoms with van der Waals surface area (Å²) in [7, 11) is -0.964. The lowest BCUT2D eigenvalue weighted by atomic mass is 10.4. The zero-order chi connectivity index (χ0) is 13.8. The van der Waals surface area contributed by atoms with E-state index < -0.39 is 16.2 Å². The topological polar surface area (TPSA) is 90.8 Å². The molecule has 0 amide bonds. The molecule has 0 saturated carbocycles. The number of pyridine rings is 1. The van der Waals surface area contributed by atoms with Crippen molar-refractivity contribution in [2.24, 2.45) is 0 Å². The lowest BCUT2D eigenvalue weighted by Crippen LogP contribution is -2.40. The number of hydrogen-bond donors (Lipinski definition) is 1. The maximum Gasteiger partial charge on any atom is 0.304 e. The molecule has 1 rings (SSSR count). The van der Waals surface area contributed by atoms with Crippen LogP contribution in [0.2, 0.25) is 0 Å². The van der Waals surface area contributed by atoms with Gasteiger partial charge < -0.3 is 5.11 Å². The fourth-order valence-corrected chi connectivity index (χ4v) is 2.39. The molecule has 1 N–H and O–H groups in total. The van der Waals surface area contributed by atoms with Crippen LogP contribution in [0.5, 0.6) is 0 Å². The van der Waals surface area contributed by atoms with Crippen LogP contribution in [0.1, 0.15) is 6.42 Å². The Labute approximate surface area is 106 Å². The van der Waals surface area contributed by atoms with Crippen LogP contribution in [-0.2, 0) is 15.0 Å². The number of aliphatic carboxylic acids is 1. The molecule has 7 nitrogen and oxygen atoms in total. The van der Waals surface area contributed by atoms with Gasteiger partial charge in [0.25, 0.3) is 0 Å². The van der Waals surface area contributed by atoms with Gasteiger partial charge in [0.2, 0.25) is 0 Å². The van der Waals surface area contributed by atoms with Crippen molar-refractivity contribution in [2.75, 3.05) is 24.9 Å². The first-order chi connectivity index (χ1) is 8.35. The summed E-state index contributed by atoms with van der Waals surface area (Å²) in [5.74, 6) is -1.04. The standard InChI is InChI=1S/C10H15N3O4S/c1-12(8-5-10(14)15)18(16,17)13(2)9-3-6-11-7-4-9/h3-4,6-7H,5,8H2,1-2H3,(H,14,15). The molecular weight excluding hydrogens is 258 g/mol. The van der Waals surface area contributed by atoms with E-state index in [1.807, 2.05) is 0 Å². The van der Waals surface area contributed by atoms with E-state index in [0.717, 1.165) is 8.61 Å². The molecule has 0 radical (unpaired) electrons. The number of nitrogens with zero attached hydrogens (tertiary/aromatic N) is 3. The molecule has 0 bridgehead atoms. The Morgan fingerprint density at radius 3 is 2.39 bits per heavy atom. The van der Waals surface area contributed by atoms with Crippen molar-refractivity contribution in [2.45, 2.75) is 6.42 Å². The summed E-state index contributed by atoms with van der Waals surface area (Å²) in [6.07, 6.45) is 2.73. The van der Waals surface area contributed by atoms with Gasteiger partial charge in [-0.15, -0.1) is 0 Å². The molecule has 0 spiro atoms. The molecule has 0 aliphatic carbocycles. The first-order valence-corrected chi connectivity index (χ1v) is 6.57. The van der Waals surface area contributed by atoms with Crippen LogP contribution < -0.4 is 4.31 Å². The van der Waals surface area contributed by atoms with E-state index >= 15 is 0 Å². The fraction of sp³-hybridized carbons (Fsp3) is 0.400. The maximum absolute atomic E-state index is 12.1. The minimum atomic E-state index is -3.71. The summed E-state index contributed by atoms with van der Waals surface area (Å²) in [4.78, 5) is 14.2. The summed E-state index contributed by atoms with van der Waals surface area (Å²) in [6, 6.07) is 3.12. The molecule has 0 unspecified atom stereocenters. The first kappa shape index (κ1) is 14.4. The van der Waals surface area contributed by atoms with Crippen molar-refractivity contribution in [1.82, 2.24) is 9.29 Å². The maximum atomic E-state index is 12.1. The predicted octanol–water partition coefficient (Wildman–Crippen LogP) is 0.169. The van der Waals surface area contributed by atoms with E-state index in [2.05, 4.69) is 4.98 Å². The minimum Gasteiger partial charge on any atom is -0.481 e. The second-order valence-corrected chi connectivity index (χ2v) is 5.71. The average Bonchev–Trinajstić information content (AvgIpc) is 2.35. The summed E-state index contributed by atoms with van der Waals surface area (Å²) < 4.78 is 26.2. The molecular formula is C10H15N3O4S. The second-order valence-electron chi connectivity index (χ2n) is 3.65. The highest BCUT2D eigenvalue weighted by molar-refractivity contribution is 7.90. The molecule has 1 aromatic rings. The van der Waals surface area contributed by atoms with Crippen LogP contribution in [0.4, 0.5) is 5.69 Å². The Morgan fingerprint density at radius 1 is 1.33 bits per heavy atom. The average molecular weight is 273 g/mol. The van der Waals surface area contributed by atoms with Gasteiger partial charge in [-0.1, -0.05) is 0 Å². The molecule has 18 heavy (non-hydrogen) atoms. The van der Waals surface area contributed by atoms with Gasteiger partial charge in [-0.05, 0) is 12.1 Å². The van der Waals surface area contributed by atoms with Crippen molar-refractivity contribution >= 4 is 21.9 Å². The quantitative estimate of drug-likeness (QED) is 0.797. The SMILES string of the molecule is CN(CCC(=O)O)S(=O)(=O)N(C)c1ccncc1. The third-order valence-electron chi connectivity index (χ3n) is 2.41. The molecule has 8 heteroatoms. The van der Waals surface area contributed by atoms with Gasteiger partial charge in [-0.2, -0.15) is 12.7 Å². The summed E-state index contributed by atoms with van der Waals surface area (Å²) in [5.41, 5.74) is 0.465. The lowest BCUT2D eigenvalue weighted by Gasteiger charge is -2.25. The Hall–Kier alpha value is -1.67. The number of carbonyl (C=O) groups is 1. The van der Waals surface area contributed by atoms with Crippen molar-refractivity contribution in [3.8, 4) is 0 Å². The third-order valence-corrected chi connectivity index (χ3v) is 4.28. The van der Waals surface area contributed by atoms with Gasteiger partial charge in [-0.25, -0.2) is 0 Å². The van der Waals surface area contributed by atoms with Gasteiger partial charge in [-0.3, -0.25) is 14.1 Å². The van der Waals surface area contributed by atoms with Crippen LogP contribution in [0.3, 0.4) is 0 Å². The number of anilines is 1. The highest BCUT2D eigenvalue weighted by atomic mass is 32.2. The number of rotatable bonds is 6. The largest absolute Gasteiger partial charge is 0.481 e. The molecule has 0 aliphatic rings. The molecule has 1 aromatic heterocycles. The van der Waals surface area contributed by atoms with Gasteiger partial charge >= 0.3 is 16.2 Å².